The lowest BCUT2D eigenvalue weighted by atomic mass is 10.2. The van der Waals surface area contributed by atoms with Crippen LogP contribution in [0.4, 0.5) is 0 Å². The van der Waals surface area contributed by atoms with Crippen LogP contribution < -0.4 is 11.2 Å². The number of aliphatic hydroxyl groups is 1. The third-order valence-corrected chi connectivity index (χ3v) is 2.44. The van der Waals surface area contributed by atoms with Gasteiger partial charge in [0, 0.05) is 38.4 Å². The third kappa shape index (κ3) is 1.50. The van der Waals surface area contributed by atoms with Gasteiger partial charge in [-0.25, -0.2) is 4.79 Å². The van der Waals surface area contributed by atoms with Crippen molar-refractivity contribution in [2.24, 2.45) is 14.1 Å². The zero-order valence-electron chi connectivity index (χ0n) is 8.57. The van der Waals surface area contributed by atoms with Gasteiger partial charge in [0.25, 0.3) is 5.56 Å². The van der Waals surface area contributed by atoms with Gasteiger partial charge in [0.05, 0.1) is 0 Å². The first kappa shape index (κ1) is 10.7. The zero-order chi connectivity index (χ0) is 10.9. The molecule has 0 unspecified atom stereocenters. The molecule has 1 aromatic rings. The SMILES string of the molecule is Cc1c(CCO)c(=O)n(C)c(=O)n1C. The van der Waals surface area contributed by atoms with Crippen molar-refractivity contribution in [1.29, 1.82) is 0 Å². The average molecular weight is 198 g/mol. The molecular formula is C9H14N2O3. The summed E-state index contributed by atoms with van der Waals surface area (Å²) in [7, 11) is 3.04. The molecule has 1 N–H and O–H groups in total. The molecule has 5 heteroatoms. The number of aliphatic hydroxyl groups excluding tert-OH is 1. The lowest BCUT2D eigenvalue weighted by Crippen LogP contribution is -2.40. The molecule has 0 bridgehead atoms. The van der Waals surface area contributed by atoms with E-state index in [-0.39, 0.29) is 24.3 Å². The summed E-state index contributed by atoms with van der Waals surface area (Å²) in [6.07, 6.45) is 0.284. The summed E-state index contributed by atoms with van der Waals surface area (Å²) < 4.78 is 2.46. The predicted molar refractivity (Wildman–Crippen MR) is 52.5 cm³/mol. The topological polar surface area (TPSA) is 64.2 Å². The first-order chi connectivity index (χ1) is 6.50. The van der Waals surface area contributed by atoms with Crippen LogP contribution in [0, 0.1) is 6.92 Å². The molecule has 0 saturated carbocycles. The van der Waals surface area contributed by atoms with Gasteiger partial charge in [-0.05, 0) is 6.92 Å². The summed E-state index contributed by atoms with van der Waals surface area (Å²) in [6.45, 7) is 1.61. The Morgan fingerprint density at radius 3 is 2.29 bits per heavy atom. The summed E-state index contributed by atoms with van der Waals surface area (Å²) in [5.74, 6) is 0. The molecular weight excluding hydrogens is 184 g/mol. The van der Waals surface area contributed by atoms with Crippen molar-refractivity contribution in [2.45, 2.75) is 13.3 Å². The minimum atomic E-state index is -0.339. The summed E-state index contributed by atoms with van der Waals surface area (Å²) in [5, 5.41) is 8.78. The van der Waals surface area contributed by atoms with E-state index in [0.717, 1.165) is 4.57 Å². The lowest BCUT2D eigenvalue weighted by Gasteiger charge is -2.10. The molecule has 1 heterocycles. The van der Waals surface area contributed by atoms with Crippen molar-refractivity contribution in [2.75, 3.05) is 6.61 Å². The molecule has 0 fully saturated rings. The maximum Gasteiger partial charge on any atom is 0.330 e. The van der Waals surface area contributed by atoms with Crippen LogP contribution in [0.25, 0.3) is 0 Å². The van der Waals surface area contributed by atoms with Crippen LogP contribution in [0.15, 0.2) is 9.59 Å². The second kappa shape index (κ2) is 3.79. The molecule has 0 amide bonds. The summed E-state index contributed by atoms with van der Waals surface area (Å²) in [6, 6.07) is 0. The molecule has 0 atom stereocenters. The van der Waals surface area contributed by atoms with Crippen LogP contribution in [0.1, 0.15) is 11.3 Å². The summed E-state index contributed by atoms with van der Waals surface area (Å²) in [4.78, 5) is 23.0. The Bertz CT molecular complexity index is 456. The molecule has 0 aliphatic carbocycles. The highest BCUT2D eigenvalue weighted by Gasteiger charge is 2.10. The minimum Gasteiger partial charge on any atom is -0.396 e. The second-order valence-corrected chi connectivity index (χ2v) is 3.24. The number of hydrogen-bond donors (Lipinski definition) is 1. The maximum atomic E-state index is 11.6. The molecule has 0 aliphatic rings. The Morgan fingerprint density at radius 1 is 1.21 bits per heavy atom. The van der Waals surface area contributed by atoms with E-state index >= 15 is 0 Å². The van der Waals surface area contributed by atoms with E-state index in [0.29, 0.717) is 11.3 Å². The smallest absolute Gasteiger partial charge is 0.330 e. The molecule has 0 radical (unpaired) electrons. The first-order valence-electron chi connectivity index (χ1n) is 4.37. The van der Waals surface area contributed by atoms with Crippen molar-refractivity contribution in [3.8, 4) is 0 Å². The Morgan fingerprint density at radius 2 is 1.79 bits per heavy atom. The van der Waals surface area contributed by atoms with Crippen molar-refractivity contribution >= 4 is 0 Å². The second-order valence-electron chi connectivity index (χ2n) is 3.24. The maximum absolute atomic E-state index is 11.6. The Kier molecular flexibility index (Phi) is 2.90. The molecule has 78 valence electrons. The number of nitrogens with zero attached hydrogens (tertiary/aromatic N) is 2. The van der Waals surface area contributed by atoms with Crippen molar-refractivity contribution in [1.82, 2.24) is 9.13 Å². The number of hydrogen-bond acceptors (Lipinski definition) is 3. The molecule has 0 saturated heterocycles. The van der Waals surface area contributed by atoms with Crippen molar-refractivity contribution < 1.29 is 5.11 Å². The van der Waals surface area contributed by atoms with E-state index in [2.05, 4.69) is 0 Å². The van der Waals surface area contributed by atoms with Gasteiger partial charge >= 0.3 is 5.69 Å². The van der Waals surface area contributed by atoms with Crippen LogP contribution >= 0.6 is 0 Å². The fourth-order valence-electron chi connectivity index (χ4n) is 1.41. The van der Waals surface area contributed by atoms with E-state index in [1.54, 1.807) is 14.0 Å². The first-order valence-corrected chi connectivity index (χ1v) is 4.37. The normalized spacial score (nSPS) is 10.6. The molecule has 1 rings (SSSR count). The van der Waals surface area contributed by atoms with Crippen LogP contribution in [0.2, 0.25) is 0 Å². The van der Waals surface area contributed by atoms with Crippen molar-refractivity contribution in [3.63, 3.8) is 0 Å². The standard InChI is InChI=1S/C9H14N2O3/c1-6-7(4-5-12)8(13)11(3)9(14)10(6)2/h12H,4-5H2,1-3H3. The van der Waals surface area contributed by atoms with Crippen LogP contribution in [-0.4, -0.2) is 20.8 Å². The van der Waals surface area contributed by atoms with Gasteiger partial charge in [-0.3, -0.25) is 9.36 Å². The zero-order valence-corrected chi connectivity index (χ0v) is 8.57. The van der Waals surface area contributed by atoms with Gasteiger partial charge in [-0.2, -0.15) is 0 Å². The lowest BCUT2D eigenvalue weighted by molar-refractivity contribution is 0.298. The predicted octanol–water partition coefficient (Wildman–Crippen LogP) is -1.07. The van der Waals surface area contributed by atoms with E-state index < -0.39 is 0 Å². The van der Waals surface area contributed by atoms with Gasteiger partial charge in [-0.1, -0.05) is 0 Å². The monoisotopic (exact) mass is 198 g/mol. The molecule has 5 nitrogen and oxygen atoms in total. The van der Waals surface area contributed by atoms with Gasteiger partial charge in [-0.15, -0.1) is 0 Å². The van der Waals surface area contributed by atoms with Gasteiger partial charge < -0.3 is 9.67 Å². The average Bonchev–Trinajstić information content (AvgIpc) is 2.19. The molecule has 14 heavy (non-hydrogen) atoms. The summed E-state index contributed by atoms with van der Waals surface area (Å²) in [5.41, 5.74) is 0.457. The molecule has 0 aromatic carbocycles. The number of aromatic nitrogens is 2. The van der Waals surface area contributed by atoms with Crippen LogP contribution in [0.3, 0.4) is 0 Å². The van der Waals surface area contributed by atoms with Crippen molar-refractivity contribution in [3.05, 3.63) is 32.1 Å². The van der Waals surface area contributed by atoms with E-state index in [1.807, 2.05) is 0 Å². The highest BCUT2D eigenvalue weighted by molar-refractivity contribution is 5.16. The Labute approximate surface area is 81.2 Å². The largest absolute Gasteiger partial charge is 0.396 e. The van der Waals surface area contributed by atoms with Gasteiger partial charge in [0.1, 0.15) is 0 Å². The Balaban J connectivity index is 3.60. The highest BCUT2D eigenvalue weighted by Crippen LogP contribution is 1.98. The van der Waals surface area contributed by atoms with Gasteiger partial charge in [0.15, 0.2) is 0 Å². The number of rotatable bonds is 2. The highest BCUT2D eigenvalue weighted by atomic mass is 16.3. The van der Waals surface area contributed by atoms with Crippen LogP contribution in [0.5, 0.6) is 0 Å². The third-order valence-electron chi connectivity index (χ3n) is 2.44. The van der Waals surface area contributed by atoms with Gasteiger partial charge in [0.2, 0.25) is 0 Å². The van der Waals surface area contributed by atoms with E-state index in [4.69, 9.17) is 5.11 Å². The summed E-state index contributed by atoms with van der Waals surface area (Å²) >= 11 is 0. The fourth-order valence-corrected chi connectivity index (χ4v) is 1.41. The Hall–Kier alpha value is -1.36. The molecule has 0 aliphatic heterocycles. The fraction of sp³-hybridized carbons (Fsp3) is 0.556. The van der Waals surface area contributed by atoms with Crippen LogP contribution in [-0.2, 0) is 20.5 Å². The minimum absolute atomic E-state index is 0.0890. The van der Waals surface area contributed by atoms with E-state index in [1.165, 1.54) is 11.6 Å². The molecule has 1 aromatic heterocycles. The quantitative estimate of drug-likeness (QED) is 0.658. The van der Waals surface area contributed by atoms with E-state index in [9.17, 15) is 9.59 Å². The molecule has 0 spiro atoms.